The van der Waals surface area contributed by atoms with Crippen molar-refractivity contribution in [1.29, 1.82) is 0 Å². The van der Waals surface area contributed by atoms with Crippen LogP contribution >= 0.6 is 0 Å². The number of para-hydroxylation sites is 2. The highest BCUT2D eigenvalue weighted by Gasteiger charge is 2.36. The number of nitrogens with zero attached hydrogens (tertiary/aromatic N) is 1. The van der Waals surface area contributed by atoms with Gasteiger partial charge in [-0.05, 0) is 31.4 Å². The van der Waals surface area contributed by atoms with Crippen molar-refractivity contribution in [2.45, 2.75) is 37.8 Å². The highest BCUT2D eigenvalue weighted by Crippen LogP contribution is 2.36. The van der Waals surface area contributed by atoms with Gasteiger partial charge in [0.05, 0.1) is 30.9 Å². The van der Waals surface area contributed by atoms with Gasteiger partial charge in [0, 0.05) is 0 Å². The molecule has 0 unspecified atom stereocenters. The first-order valence-corrected chi connectivity index (χ1v) is 6.49. The van der Waals surface area contributed by atoms with Crippen LogP contribution in [-0.4, -0.2) is 29.8 Å². The van der Waals surface area contributed by atoms with E-state index >= 15 is 0 Å². The van der Waals surface area contributed by atoms with E-state index < -0.39 is 6.10 Å². The molecule has 0 radical (unpaired) electrons. The fourth-order valence-electron chi connectivity index (χ4n) is 2.87. The Morgan fingerprint density at radius 1 is 1.28 bits per heavy atom. The Hall–Kier alpha value is -1.55. The molecule has 4 nitrogen and oxygen atoms in total. The van der Waals surface area contributed by atoms with Crippen LogP contribution in [0.2, 0.25) is 0 Å². The Morgan fingerprint density at radius 3 is 2.89 bits per heavy atom. The molecule has 1 aromatic rings. The third-order valence-corrected chi connectivity index (χ3v) is 3.74. The third-order valence-electron chi connectivity index (χ3n) is 3.74. The van der Waals surface area contributed by atoms with E-state index in [1.54, 1.807) is 4.90 Å². The van der Waals surface area contributed by atoms with Crippen LogP contribution in [0.4, 0.5) is 5.69 Å². The van der Waals surface area contributed by atoms with Gasteiger partial charge < -0.3 is 14.7 Å². The lowest BCUT2D eigenvalue weighted by molar-refractivity contribution is -0.119. The number of ether oxygens (including phenoxy) is 1. The van der Waals surface area contributed by atoms with Gasteiger partial charge in [0.15, 0.2) is 0 Å². The average molecular weight is 247 g/mol. The number of hydrogen-bond donors (Lipinski definition) is 1. The minimum absolute atomic E-state index is 0.0471. The van der Waals surface area contributed by atoms with Crippen LogP contribution < -0.4 is 9.64 Å². The van der Waals surface area contributed by atoms with E-state index in [1.807, 2.05) is 24.3 Å². The molecule has 0 spiro atoms. The van der Waals surface area contributed by atoms with E-state index in [0.717, 1.165) is 30.7 Å². The van der Waals surface area contributed by atoms with Crippen molar-refractivity contribution >= 4 is 11.6 Å². The van der Waals surface area contributed by atoms with Crippen LogP contribution in [0, 0.1) is 0 Å². The van der Waals surface area contributed by atoms with E-state index in [9.17, 15) is 9.90 Å². The molecule has 1 aliphatic carbocycles. The zero-order valence-corrected chi connectivity index (χ0v) is 10.2. The Labute approximate surface area is 106 Å². The molecule has 3 rings (SSSR count). The second kappa shape index (κ2) is 4.61. The molecule has 4 heteroatoms. The van der Waals surface area contributed by atoms with Gasteiger partial charge in [-0.1, -0.05) is 12.1 Å². The first-order valence-electron chi connectivity index (χ1n) is 6.49. The van der Waals surface area contributed by atoms with Crippen LogP contribution in [0.15, 0.2) is 24.3 Å². The number of anilines is 1. The molecule has 18 heavy (non-hydrogen) atoms. The standard InChI is InChI=1S/C14H17NO3/c16-12-6-3-5-10(12)15-11-4-1-2-7-13(11)18-9-8-14(15)17/h1-2,4,7,10,12,16H,3,5-6,8-9H2/t10-,12-/m0/s1. The number of rotatable bonds is 1. The molecule has 2 aliphatic rings. The molecular weight excluding hydrogens is 230 g/mol. The zero-order valence-electron chi connectivity index (χ0n) is 10.2. The van der Waals surface area contributed by atoms with Gasteiger partial charge in [-0.3, -0.25) is 4.79 Å². The van der Waals surface area contributed by atoms with Crippen LogP contribution in [0.5, 0.6) is 5.75 Å². The van der Waals surface area contributed by atoms with E-state index in [0.29, 0.717) is 13.0 Å². The quantitative estimate of drug-likeness (QED) is 0.822. The summed E-state index contributed by atoms with van der Waals surface area (Å²) in [7, 11) is 0. The fraction of sp³-hybridized carbons (Fsp3) is 0.500. The summed E-state index contributed by atoms with van der Waals surface area (Å²) in [4.78, 5) is 14.0. The summed E-state index contributed by atoms with van der Waals surface area (Å²) in [6.07, 6.45) is 2.56. The smallest absolute Gasteiger partial charge is 0.230 e. The van der Waals surface area contributed by atoms with Crippen molar-refractivity contribution < 1.29 is 14.6 Å². The average Bonchev–Trinajstić information content (AvgIpc) is 2.71. The minimum atomic E-state index is -0.417. The summed E-state index contributed by atoms with van der Waals surface area (Å²) in [5.41, 5.74) is 0.797. The monoisotopic (exact) mass is 247 g/mol. The Kier molecular flexibility index (Phi) is 2.96. The predicted octanol–water partition coefficient (Wildman–Crippen LogP) is 1.72. The van der Waals surface area contributed by atoms with Gasteiger partial charge in [-0.25, -0.2) is 0 Å². The number of amides is 1. The fourth-order valence-corrected chi connectivity index (χ4v) is 2.87. The van der Waals surface area contributed by atoms with E-state index in [4.69, 9.17) is 4.74 Å². The Bertz CT molecular complexity index is 460. The van der Waals surface area contributed by atoms with Crippen molar-refractivity contribution in [3.05, 3.63) is 24.3 Å². The molecule has 1 heterocycles. The van der Waals surface area contributed by atoms with Crippen molar-refractivity contribution in [1.82, 2.24) is 0 Å². The van der Waals surface area contributed by atoms with Crippen molar-refractivity contribution in [2.24, 2.45) is 0 Å². The van der Waals surface area contributed by atoms with Crippen LogP contribution in [0.1, 0.15) is 25.7 Å². The largest absolute Gasteiger partial charge is 0.491 e. The molecule has 1 N–H and O–H groups in total. The number of carbonyl (C=O) groups is 1. The second-order valence-electron chi connectivity index (χ2n) is 4.90. The Balaban J connectivity index is 2.02. The summed E-state index contributed by atoms with van der Waals surface area (Å²) in [5, 5.41) is 10.0. The number of fused-ring (bicyclic) bond motifs is 1. The van der Waals surface area contributed by atoms with Gasteiger partial charge in [0.2, 0.25) is 5.91 Å². The lowest BCUT2D eigenvalue weighted by Gasteiger charge is -2.30. The van der Waals surface area contributed by atoms with E-state index in [-0.39, 0.29) is 11.9 Å². The molecule has 0 saturated heterocycles. The van der Waals surface area contributed by atoms with Gasteiger partial charge in [-0.15, -0.1) is 0 Å². The SMILES string of the molecule is O=C1CCOc2ccccc2N1[C@H]1CCC[C@@H]1O. The number of aliphatic hydroxyl groups excluding tert-OH is 1. The maximum Gasteiger partial charge on any atom is 0.230 e. The summed E-state index contributed by atoms with van der Waals surface area (Å²) in [6.45, 7) is 0.412. The summed E-state index contributed by atoms with van der Waals surface area (Å²) >= 11 is 0. The molecule has 2 atom stereocenters. The molecular formula is C14H17NO3. The Morgan fingerprint density at radius 2 is 2.11 bits per heavy atom. The number of benzene rings is 1. The second-order valence-corrected chi connectivity index (χ2v) is 4.90. The predicted molar refractivity (Wildman–Crippen MR) is 67.7 cm³/mol. The van der Waals surface area contributed by atoms with Crippen LogP contribution in [-0.2, 0) is 4.79 Å². The maximum absolute atomic E-state index is 12.2. The molecule has 1 amide bonds. The first-order chi connectivity index (χ1) is 8.77. The highest BCUT2D eigenvalue weighted by molar-refractivity contribution is 5.96. The minimum Gasteiger partial charge on any atom is -0.491 e. The van der Waals surface area contributed by atoms with Crippen LogP contribution in [0.3, 0.4) is 0 Å². The molecule has 0 aromatic heterocycles. The summed E-state index contributed by atoms with van der Waals surface area (Å²) in [5.74, 6) is 0.786. The van der Waals surface area contributed by atoms with Gasteiger partial charge in [0.25, 0.3) is 0 Å². The molecule has 96 valence electrons. The third kappa shape index (κ3) is 1.86. The number of hydrogen-bond acceptors (Lipinski definition) is 3. The van der Waals surface area contributed by atoms with E-state index in [2.05, 4.69) is 0 Å². The van der Waals surface area contributed by atoms with Crippen molar-refractivity contribution in [3.63, 3.8) is 0 Å². The lowest BCUT2D eigenvalue weighted by atomic mass is 10.1. The van der Waals surface area contributed by atoms with E-state index in [1.165, 1.54) is 0 Å². The topological polar surface area (TPSA) is 49.8 Å². The highest BCUT2D eigenvalue weighted by atomic mass is 16.5. The number of carbonyl (C=O) groups excluding carboxylic acids is 1. The number of aliphatic hydroxyl groups is 1. The van der Waals surface area contributed by atoms with Crippen LogP contribution in [0.25, 0.3) is 0 Å². The first kappa shape index (κ1) is 11.5. The maximum atomic E-state index is 12.2. The van der Waals surface area contributed by atoms with Crippen molar-refractivity contribution in [3.8, 4) is 5.75 Å². The molecule has 1 aromatic carbocycles. The van der Waals surface area contributed by atoms with Gasteiger partial charge >= 0.3 is 0 Å². The lowest BCUT2D eigenvalue weighted by Crippen LogP contribution is -2.44. The molecule has 1 saturated carbocycles. The molecule has 0 bridgehead atoms. The molecule has 1 aliphatic heterocycles. The van der Waals surface area contributed by atoms with Crippen molar-refractivity contribution in [2.75, 3.05) is 11.5 Å². The molecule has 1 fully saturated rings. The summed E-state index contributed by atoms with van der Waals surface area (Å²) < 4.78 is 5.60. The van der Waals surface area contributed by atoms with Gasteiger partial charge in [-0.2, -0.15) is 0 Å². The normalized spacial score (nSPS) is 27.6. The summed E-state index contributed by atoms with van der Waals surface area (Å²) in [6, 6.07) is 7.47. The van der Waals surface area contributed by atoms with Gasteiger partial charge in [0.1, 0.15) is 5.75 Å². The zero-order chi connectivity index (χ0) is 12.5.